The lowest BCUT2D eigenvalue weighted by Gasteiger charge is -2.22. The van der Waals surface area contributed by atoms with Crippen LogP contribution in [0.3, 0.4) is 0 Å². The molecule has 2 aromatic rings. The second-order valence-electron chi connectivity index (χ2n) is 4.91. The average Bonchev–Trinajstić information content (AvgIpc) is 2.87. The minimum atomic E-state index is -1.03. The first kappa shape index (κ1) is 13.2. The topological polar surface area (TPSA) is 77.8 Å². The largest absolute Gasteiger partial charge is 0.508 e. The van der Waals surface area contributed by atoms with Gasteiger partial charge in [-0.1, -0.05) is 18.2 Å². The van der Waals surface area contributed by atoms with Crippen LogP contribution in [0, 0.1) is 0 Å². The molecule has 1 aliphatic heterocycles. The number of amides is 1. The SMILES string of the molecule is O=C(O)[C@@H]1Cc2ccccc2N1C(=O)c1ccc(O)cc1. The molecule has 0 radical (unpaired) electrons. The molecule has 1 atom stereocenters. The molecular formula is C16H13NO4. The predicted molar refractivity (Wildman–Crippen MR) is 76.5 cm³/mol. The monoisotopic (exact) mass is 283 g/mol. The Bertz CT molecular complexity index is 708. The summed E-state index contributed by atoms with van der Waals surface area (Å²) in [4.78, 5) is 25.4. The number of phenolic OH excluding ortho intramolecular Hbond substituents is 1. The number of hydrogen-bond donors (Lipinski definition) is 2. The zero-order valence-corrected chi connectivity index (χ0v) is 11.1. The van der Waals surface area contributed by atoms with E-state index in [0.29, 0.717) is 17.7 Å². The van der Waals surface area contributed by atoms with E-state index in [0.717, 1.165) is 5.56 Å². The van der Waals surface area contributed by atoms with Gasteiger partial charge in [0.25, 0.3) is 5.91 Å². The number of para-hydroxylation sites is 1. The molecule has 3 rings (SSSR count). The van der Waals surface area contributed by atoms with E-state index in [2.05, 4.69) is 0 Å². The first-order chi connectivity index (χ1) is 10.1. The maximum Gasteiger partial charge on any atom is 0.327 e. The van der Waals surface area contributed by atoms with Crippen molar-refractivity contribution >= 4 is 17.6 Å². The van der Waals surface area contributed by atoms with Crippen molar-refractivity contribution in [2.24, 2.45) is 0 Å². The summed E-state index contributed by atoms with van der Waals surface area (Å²) < 4.78 is 0. The van der Waals surface area contributed by atoms with Crippen molar-refractivity contribution in [1.29, 1.82) is 0 Å². The fraction of sp³-hybridized carbons (Fsp3) is 0.125. The molecule has 5 heteroatoms. The number of carboxylic acids is 1. The standard InChI is InChI=1S/C16H13NO4/c18-12-7-5-10(6-8-12)15(19)17-13-4-2-1-3-11(13)9-14(17)16(20)21/h1-8,14,18H,9H2,(H,20,21)/t14-/m0/s1. The average molecular weight is 283 g/mol. The summed E-state index contributed by atoms with van der Waals surface area (Å²) in [6.07, 6.45) is 0.301. The van der Waals surface area contributed by atoms with Crippen molar-refractivity contribution in [1.82, 2.24) is 0 Å². The van der Waals surface area contributed by atoms with Gasteiger partial charge in [0.15, 0.2) is 0 Å². The molecule has 2 aromatic carbocycles. The highest BCUT2D eigenvalue weighted by atomic mass is 16.4. The lowest BCUT2D eigenvalue weighted by atomic mass is 10.1. The van der Waals surface area contributed by atoms with E-state index in [-0.39, 0.29) is 11.7 Å². The van der Waals surface area contributed by atoms with Gasteiger partial charge in [-0.25, -0.2) is 4.79 Å². The molecule has 1 amide bonds. The highest BCUT2D eigenvalue weighted by molar-refractivity contribution is 6.10. The van der Waals surface area contributed by atoms with Gasteiger partial charge >= 0.3 is 5.97 Å². The van der Waals surface area contributed by atoms with E-state index in [4.69, 9.17) is 0 Å². The van der Waals surface area contributed by atoms with Crippen molar-refractivity contribution < 1.29 is 19.8 Å². The number of benzene rings is 2. The zero-order chi connectivity index (χ0) is 15.0. The summed E-state index contributed by atoms with van der Waals surface area (Å²) in [5.41, 5.74) is 1.82. The quantitative estimate of drug-likeness (QED) is 0.884. The van der Waals surface area contributed by atoms with Gasteiger partial charge in [-0.3, -0.25) is 9.69 Å². The number of anilines is 1. The van der Waals surface area contributed by atoms with Crippen LogP contribution in [-0.2, 0) is 11.2 Å². The van der Waals surface area contributed by atoms with Gasteiger partial charge in [0.1, 0.15) is 11.8 Å². The van der Waals surface area contributed by atoms with Crippen molar-refractivity contribution in [2.45, 2.75) is 12.5 Å². The number of carbonyl (C=O) groups is 2. The van der Waals surface area contributed by atoms with Gasteiger partial charge in [0, 0.05) is 17.7 Å². The van der Waals surface area contributed by atoms with E-state index in [1.54, 1.807) is 12.1 Å². The lowest BCUT2D eigenvalue weighted by molar-refractivity contribution is -0.138. The molecule has 0 spiro atoms. The van der Waals surface area contributed by atoms with E-state index in [1.807, 2.05) is 12.1 Å². The van der Waals surface area contributed by atoms with Gasteiger partial charge in [-0.05, 0) is 35.9 Å². The van der Waals surface area contributed by atoms with Gasteiger partial charge in [0.2, 0.25) is 0 Å². The van der Waals surface area contributed by atoms with Crippen molar-refractivity contribution in [3.63, 3.8) is 0 Å². The molecule has 0 aliphatic carbocycles. The fourth-order valence-corrected chi connectivity index (χ4v) is 2.58. The number of aliphatic carboxylic acids is 1. The molecule has 106 valence electrons. The van der Waals surface area contributed by atoms with E-state index < -0.39 is 12.0 Å². The Hall–Kier alpha value is -2.82. The molecule has 0 saturated carbocycles. The number of phenols is 1. The Kier molecular flexibility index (Phi) is 3.10. The van der Waals surface area contributed by atoms with Gasteiger partial charge in [0.05, 0.1) is 0 Å². The van der Waals surface area contributed by atoms with Crippen LogP contribution in [0.5, 0.6) is 5.75 Å². The number of nitrogens with zero attached hydrogens (tertiary/aromatic N) is 1. The van der Waals surface area contributed by atoms with Crippen LogP contribution in [0.15, 0.2) is 48.5 Å². The normalized spacial score (nSPS) is 16.6. The zero-order valence-electron chi connectivity index (χ0n) is 11.1. The smallest absolute Gasteiger partial charge is 0.327 e. The summed E-state index contributed by atoms with van der Waals surface area (Å²) >= 11 is 0. The minimum Gasteiger partial charge on any atom is -0.508 e. The molecule has 21 heavy (non-hydrogen) atoms. The number of fused-ring (bicyclic) bond motifs is 1. The first-order valence-electron chi connectivity index (χ1n) is 6.51. The Labute approximate surface area is 121 Å². The summed E-state index contributed by atoms with van der Waals surface area (Å²) in [7, 11) is 0. The van der Waals surface area contributed by atoms with Crippen LogP contribution in [0.2, 0.25) is 0 Å². The van der Waals surface area contributed by atoms with Crippen LogP contribution < -0.4 is 4.90 Å². The van der Waals surface area contributed by atoms with Crippen LogP contribution in [0.25, 0.3) is 0 Å². The third-order valence-corrected chi connectivity index (χ3v) is 3.59. The number of carbonyl (C=O) groups excluding carboxylic acids is 1. The summed E-state index contributed by atoms with van der Waals surface area (Å²) in [5.74, 6) is -1.35. The van der Waals surface area contributed by atoms with Gasteiger partial charge in [-0.15, -0.1) is 0 Å². The summed E-state index contributed by atoms with van der Waals surface area (Å²) in [6, 6.07) is 12.1. The van der Waals surface area contributed by atoms with Gasteiger partial charge < -0.3 is 10.2 Å². The predicted octanol–water partition coefficient (Wildman–Crippen LogP) is 2.05. The first-order valence-corrected chi connectivity index (χ1v) is 6.51. The number of aromatic hydroxyl groups is 1. The van der Waals surface area contributed by atoms with Crippen LogP contribution in [0.4, 0.5) is 5.69 Å². The van der Waals surface area contributed by atoms with Crippen LogP contribution in [0.1, 0.15) is 15.9 Å². The molecule has 1 heterocycles. The molecular weight excluding hydrogens is 270 g/mol. The highest BCUT2D eigenvalue weighted by Crippen LogP contribution is 2.33. The molecule has 5 nitrogen and oxygen atoms in total. The minimum absolute atomic E-state index is 0.0585. The summed E-state index contributed by atoms with van der Waals surface area (Å²) in [5, 5.41) is 18.6. The second-order valence-corrected chi connectivity index (χ2v) is 4.91. The molecule has 0 fully saturated rings. The van der Waals surface area contributed by atoms with Crippen LogP contribution >= 0.6 is 0 Å². The third-order valence-electron chi connectivity index (χ3n) is 3.59. The number of rotatable bonds is 2. The van der Waals surface area contributed by atoms with Gasteiger partial charge in [-0.2, -0.15) is 0 Å². The van der Waals surface area contributed by atoms with E-state index in [9.17, 15) is 19.8 Å². The van der Waals surface area contributed by atoms with Crippen molar-refractivity contribution in [2.75, 3.05) is 4.90 Å². The molecule has 0 unspecified atom stereocenters. The Balaban J connectivity index is 2.03. The van der Waals surface area contributed by atoms with Crippen molar-refractivity contribution in [3.05, 3.63) is 59.7 Å². The van der Waals surface area contributed by atoms with E-state index in [1.165, 1.54) is 29.2 Å². The molecule has 0 aromatic heterocycles. The van der Waals surface area contributed by atoms with Crippen molar-refractivity contribution in [3.8, 4) is 5.75 Å². The number of hydrogen-bond acceptors (Lipinski definition) is 3. The molecule has 0 bridgehead atoms. The fourth-order valence-electron chi connectivity index (χ4n) is 2.58. The molecule has 2 N–H and O–H groups in total. The maximum absolute atomic E-state index is 12.6. The molecule has 0 saturated heterocycles. The highest BCUT2D eigenvalue weighted by Gasteiger charge is 2.38. The Morgan fingerprint density at radius 2 is 1.71 bits per heavy atom. The summed E-state index contributed by atoms with van der Waals surface area (Å²) in [6.45, 7) is 0. The van der Waals surface area contributed by atoms with E-state index >= 15 is 0 Å². The third kappa shape index (κ3) is 2.23. The number of carboxylic acid groups (broad SMARTS) is 1. The second kappa shape index (κ2) is 4.94. The Morgan fingerprint density at radius 3 is 2.38 bits per heavy atom. The maximum atomic E-state index is 12.6. The van der Waals surface area contributed by atoms with Crippen LogP contribution in [-0.4, -0.2) is 28.1 Å². The Morgan fingerprint density at radius 1 is 1.05 bits per heavy atom. The lowest BCUT2D eigenvalue weighted by Crippen LogP contribution is -2.42. The molecule has 1 aliphatic rings.